The molecule has 1 aromatic carbocycles. The summed E-state index contributed by atoms with van der Waals surface area (Å²) in [5, 5.41) is 13.2. The minimum atomic E-state index is 0.369. The molecule has 2 N–H and O–H groups in total. The lowest BCUT2D eigenvalue weighted by molar-refractivity contribution is 0.460. The molecule has 1 rings (SSSR count). The van der Waals surface area contributed by atoms with Crippen molar-refractivity contribution in [2.75, 3.05) is 5.32 Å². The number of aryl methyl sites for hydroxylation is 1. The van der Waals surface area contributed by atoms with Gasteiger partial charge >= 0.3 is 0 Å². The van der Waals surface area contributed by atoms with Crippen LogP contribution in [0.5, 0.6) is 5.75 Å². The van der Waals surface area contributed by atoms with Crippen LogP contribution >= 0.6 is 0 Å². The van der Waals surface area contributed by atoms with Crippen molar-refractivity contribution in [3.05, 3.63) is 23.8 Å². The zero-order valence-corrected chi connectivity index (χ0v) is 11.5. The van der Waals surface area contributed by atoms with Crippen LogP contribution in [0.25, 0.3) is 0 Å². The Kier molecular flexibility index (Phi) is 5.33. The Bertz CT molecular complexity index is 349. The second-order valence-electron chi connectivity index (χ2n) is 5.00. The molecule has 0 amide bonds. The van der Waals surface area contributed by atoms with Crippen molar-refractivity contribution in [3.63, 3.8) is 0 Å². The highest BCUT2D eigenvalue weighted by molar-refractivity contribution is 5.51. The fourth-order valence-corrected chi connectivity index (χ4v) is 1.91. The first-order valence-corrected chi connectivity index (χ1v) is 6.62. The van der Waals surface area contributed by atoms with Crippen LogP contribution in [0.2, 0.25) is 0 Å². The van der Waals surface area contributed by atoms with Gasteiger partial charge in [-0.15, -0.1) is 0 Å². The van der Waals surface area contributed by atoms with Crippen LogP contribution in [-0.2, 0) is 0 Å². The van der Waals surface area contributed by atoms with Crippen LogP contribution in [0.4, 0.5) is 5.69 Å². The standard InChI is InChI=1S/C15H25NO/c1-5-11(3)9-13(6-2)16-14-8-7-12(4)15(17)10-14/h7-8,10-11,13,16-17H,5-6,9H2,1-4H3. The van der Waals surface area contributed by atoms with Gasteiger partial charge in [0, 0.05) is 17.8 Å². The Balaban J connectivity index is 2.63. The van der Waals surface area contributed by atoms with Crippen LogP contribution in [0.15, 0.2) is 18.2 Å². The third kappa shape index (κ3) is 4.29. The zero-order chi connectivity index (χ0) is 12.8. The molecule has 17 heavy (non-hydrogen) atoms. The molecular weight excluding hydrogens is 210 g/mol. The maximum absolute atomic E-state index is 9.67. The fourth-order valence-electron chi connectivity index (χ4n) is 1.91. The summed E-state index contributed by atoms with van der Waals surface area (Å²) in [7, 11) is 0. The Morgan fingerprint density at radius 3 is 2.47 bits per heavy atom. The van der Waals surface area contributed by atoms with Gasteiger partial charge in [-0.2, -0.15) is 0 Å². The van der Waals surface area contributed by atoms with Gasteiger partial charge in [-0.05, 0) is 37.3 Å². The molecule has 0 aliphatic carbocycles. The van der Waals surface area contributed by atoms with Crippen LogP contribution < -0.4 is 5.32 Å². The number of phenolic OH excluding ortho intramolecular Hbond substituents is 1. The lowest BCUT2D eigenvalue weighted by Gasteiger charge is -2.21. The normalized spacial score (nSPS) is 14.4. The predicted molar refractivity (Wildman–Crippen MR) is 74.6 cm³/mol. The number of rotatable bonds is 6. The van der Waals surface area contributed by atoms with E-state index in [9.17, 15) is 5.11 Å². The maximum Gasteiger partial charge on any atom is 0.120 e. The summed E-state index contributed by atoms with van der Waals surface area (Å²) < 4.78 is 0. The Labute approximate surface area is 105 Å². The molecular formula is C15H25NO. The minimum absolute atomic E-state index is 0.369. The van der Waals surface area contributed by atoms with Crippen molar-refractivity contribution >= 4 is 5.69 Å². The van der Waals surface area contributed by atoms with E-state index in [1.54, 1.807) is 0 Å². The van der Waals surface area contributed by atoms with Gasteiger partial charge in [-0.1, -0.05) is 33.3 Å². The molecule has 0 aliphatic heterocycles. The molecule has 0 aliphatic rings. The topological polar surface area (TPSA) is 32.3 Å². The second-order valence-corrected chi connectivity index (χ2v) is 5.00. The summed E-state index contributed by atoms with van der Waals surface area (Å²) in [6.07, 6.45) is 3.51. The average Bonchev–Trinajstić information content (AvgIpc) is 2.32. The van der Waals surface area contributed by atoms with Gasteiger partial charge < -0.3 is 10.4 Å². The quantitative estimate of drug-likeness (QED) is 0.769. The number of hydrogen-bond donors (Lipinski definition) is 2. The number of phenols is 1. The molecule has 0 aromatic heterocycles. The maximum atomic E-state index is 9.67. The average molecular weight is 235 g/mol. The second kappa shape index (κ2) is 6.53. The highest BCUT2D eigenvalue weighted by atomic mass is 16.3. The molecule has 2 nitrogen and oxygen atoms in total. The number of benzene rings is 1. The summed E-state index contributed by atoms with van der Waals surface area (Å²) in [6, 6.07) is 6.29. The van der Waals surface area contributed by atoms with E-state index in [1.807, 2.05) is 25.1 Å². The SMILES string of the molecule is CCC(C)CC(CC)Nc1ccc(C)c(O)c1. The van der Waals surface area contributed by atoms with Crippen molar-refractivity contribution < 1.29 is 5.11 Å². The first-order valence-electron chi connectivity index (χ1n) is 6.62. The molecule has 2 heteroatoms. The predicted octanol–water partition coefficient (Wildman–Crippen LogP) is 4.33. The van der Waals surface area contributed by atoms with E-state index in [4.69, 9.17) is 0 Å². The van der Waals surface area contributed by atoms with E-state index < -0.39 is 0 Å². The molecule has 1 aromatic rings. The Hall–Kier alpha value is -1.18. The van der Waals surface area contributed by atoms with Crippen LogP contribution in [0.1, 0.15) is 45.6 Å². The van der Waals surface area contributed by atoms with Gasteiger partial charge in [-0.25, -0.2) is 0 Å². The smallest absolute Gasteiger partial charge is 0.120 e. The lowest BCUT2D eigenvalue weighted by atomic mass is 9.97. The van der Waals surface area contributed by atoms with Crippen molar-refractivity contribution in [1.82, 2.24) is 0 Å². The van der Waals surface area contributed by atoms with E-state index >= 15 is 0 Å². The third-order valence-corrected chi connectivity index (χ3v) is 3.46. The van der Waals surface area contributed by atoms with E-state index in [0.717, 1.165) is 23.6 Å². The van der Waals surface area contributed by atoms with E-state index in [1.165, 1.54) is 12.8 Å². The van der Waals surface area contributed by atoms with Crippen molar-refractivity contribution in [2.45, 2.75) is 53.0 Å². The highest BCUT2D eigenvalue weighted by Crippen LogP contribution is 2.23. The first kappa shape index (κ1) is 13.9. The largest absolute Gasteiger partial charge is 0.508 e. The zero-order valence-electron chi connectivity index (χ0n) is 11.5. The summed E-state index contributed by atoms with van der Waals surface area (Å²) in [5.74, 6) is 1.11. The molecule has 96 valence electrons. The first-order chi connectivity index (χ1) is 8.06. The molecule has 0 bridgehead atoms. The molecule has 0 saturated heterocycles. The molecule has 0 spiro atoms. The molecule has 0 fully saturated rings. The van der Waals surface area contributed by atoms with Gasteiger partial charge in [0.1, 0.15) is 5.75 Å². The van der Waals surface area contributed by atoms with Crippen molar-refractivity contribution in [1.29, 1.82) is 0 Å². The third-order valence-electron chi connectivity index (χ3n) is 3.46. The van der Waals surface area contributed by atoms with Gasteiger partial charge in [0.25, 0.3) is 0 Å². The van der Waals surface area contributed by atoms with Crippen LogP contribution in [0.3, 0.4) is 0 Å². The van der Waals surface area contributed by atoms with E-state index in [0.29, 0.717) is 11.8 Å². The van der Waals surface area contributed by atoms with Gasteiger partial charge in [-0.3, -0.25) is 0 Å². The van der Waals surface area contributed by atoms with Gasteiger partial charge in [0.2, 0.25) is 0 Å². The molecule has 2 atom stereocenters. The minimum Gasteiger partial charge on any atom is -0.508 e. The van der Waals surface area contributed by atoms with Crippen molar-refractivity contribution in [3.8, 4) is 5.75 Å². The number of anilines is 1. The summed E-state index contributed by atoms with van der Waals surface area (Å²) in [5.41, 5.74) is 1.94. The van der Waals surface area contributed by atoms with E-state index in [-0.39, 0.29) is 0 Å². The highest BCUT2D eigenvalue weighted by Gasteiger charge is 2.10. The molecule has 2 unspecified atom stereocenters. The van der Waals surface area contributed by atoms with Crippen molar-refractivity contribution in [2.24, 2.45) is 5.92 Å². The monoisotopic (exact) mass is 235 g/mol. The molecule has 0 heterocycles. The number of hydrogen-bond acceptors (Lipinski definition) is 2. The van der Waals surface area contributed by atoms with Crippen LogP contribution in [0, 0.1) is 12.8 Å². The summed E-state index contributed by atoms with van der Waals surface area (Å²) in [6.45, 7) is 8.63. The fraction of sp³-hybridized carbons (Fsp3) is 0.600. The Morgan fingerprint density at radius 2 is 1.94 bits per heavy atom. The lowest BCUT2D eigenvalue weighted by Crippen LogP contribution is -2.21. The van der Waals surface area contributed by atoms with Gasteiger partial charge in [0.15, 0.2) is 0 Å². The number of aromatic hydroxyl groups is 1. The summed E-state index contributed by atoms with van der Waals surface area (Å²) >= 11 is 0. The number of nitrogens with one attached hydrogen (secondary N) is 1. The molecule has 0 saturated carbocycles. The molecule has 0 radical (unpaired) electrons. The van der Waals surface area contributed by atoms with E-state index in [2.05, 4.69) is 26.1 Å². The van der Waals surface area contributed by atoms with Crippen LogP contribution in [-0.4, -0.2) is 11.1 Å². The summed E-state index contributed by atoms with van der Waals surface area (Å²) in [4.78, 5) is 0. The Morgan fingerprint density at radius 1 is 1.24 bits per heavy atom. The van der Waals surface area contributed by atoms with Gasteiger partial charge in [0.05, 0.1) is 0 Å².